The normalized spacial score (nSPS) is 11.5. The molecular formula is C24H19ClN6O4. The van der Waals surface area contributed by atoms with Crippen LogP contribution in [0.5, 0.6) is 5.75 Å². The van der Waals surface area contributed by atoms with Crippen LogP contribution in [-0.2, 0) is 7.05 Å². The molecule has 0 saturated heterocycles. The van der Waals surface area contributed by atoms with E-state index in [1.807, 2.05) is 18.2 Å². The number of carbonyl (C=O) groups is 1. The first-order valence-electron chi connectivity index (χ1n) is 10.3. The highest BCUT2D eigenvalue weighted by atomic mass is 35.5. The van der Waals surface area contributed by atoms with Crippen molar-refractivity contribution in [3.05, 3.63) is 98.8 Å². The Labute approximate surface area is 204 Å². The minimum atomic E-state index is -0.821. The number of nitrogens with one attached hydrogen (secondary N) is 1. The summed E-state index contributed by atoms with van der Waals surface area (Å²) in [4.78, 5) is 31.6. The molecule has 0 aliphatic carbocycles. The lowest BCUT2D eigenvalue weighted by Gasteiger charge is -2.31. The van der Waals surface area contributed by atoms with Gasteiger partial charge in [0, 0.05) is 19.1 Å². The average molecular weight is 491 g/mol. The van der Waals surface area contributed by atoms with Gasteiger partial charge in [0.15, 0.2) is 5.69 Å². The van der Waals surface area contributed by atoms with Gasteiger partial charge in [0.2, 0.25) is 11.7 Å². The number of hydrogen-bond donors (Lipinski definition) is 2. The molecule has 0 aliphatic rings. The van der Waals surface area contributed by atoms with Gasteiger partial charge in [-0.15, -0.1) is 0 Å². The smallest absolute Gasteiger partial charge is 0.297 e. The fourth-order valence-corrected chi connectivity index (χ4v) is 3.95. The zero-order valence-corrected chi connectivity index (χ0v) is 19.4. The molecule has 0 bridgehead atoms. The first-order chi connectivity index (χ1) is 16.8. The summed E-state index contributed by atoms with van der Waals surface area (Å²) in [6.07, 6.45) is 2.46. The summed E-state index contributed by atoms with van der Waals surface area (Å²) in [6.45, 7) is 0. The van der Waals surface area contributed by atoms with Crippen molar-refractivity contribution in [2.45, 2.75) is 6.04 Å². The van der Waals surface area contributed by atoms with Crippen molar-refractivity contribution in [1.82, 2.24) is 14.7 Å². The molecule has 0 spiro atoms. The van der Waals surface area contributed by atoms with Crippen LogP contribution in [0.4, 0.5) is 11.6 Å². The van der Waals surface area contributed by atoms with E-state index in [0.29, 0.717) is 21.7 Å². The second-order valence-corrected chi connectivity index (χ2v) is 8.02. The summed E-state index contributed by atoms with van der Waals surface area (Å²) in [5.41, 5.74) is 0.770. The van der Waals surface area contributed by atoms with Crippen molar-refractivity contribution in [3.8, 4) is 11.8 Å². The van der Waals surface area contributed by atoms with Crippen molar-refractivity contribution in [2.24, 2.45) is 7.05 Å². The number of rotatable bonds is 6. The van der Waals surface area contributed by atoms with Gasteiger partial charge < -0.3 is 19.8 Å². The van der Waals surface area contributed by atoms with Gasteiger partial charge >= 0.3 is 0 Å². The SMILES string of the molecule is CN(c1nc(C(=O)Nc2cnoc2)c(O)c(=O)n1C)[C@H](c1cccc(C#N)c1)c1ccccc1Cl. The second-order valence-electron chi connectivity index (χ2n) is 7.61. The lowest BCUT2D eigenvalue weighted by Crippen LogP contribution is -2.34. The molecule has 176 valence electrons. The average Bonchev–Trinajstić information content (AvgIpc) is 3.37. The van der Waals surface area contributed by atoms with E-state index in [0.717, 1.165) is 4.57 Å². The number of hydrogen-bond acceptors (Lipinski definition) is 8. The molecule has 1 amide bonds. The Morgan fingerprint density at radius 2 is 2.06 bits per heavy atom. The Morgan fingerprint density at radius 3 is 2.74 bits per heavy atom. The molecule has 35 heavy (non-hydrogen) atoms. The van der Waals surface area contributed by atoms with Gasteiger partial charge in [-0.25, -0.2) is 4.98 Å². The molecule has 2 aromatic heterocycles. The number of aromatic hydroxyl groups is 1. The molecule has 10 nitrogen and oxygen atoms in total. The first kappa shape index (κ1) is 23.5. The summed E-state index contributed by atoms with van der Waals surface area (Å²) < 4.78 is 5.82. The van der Waals surface area contributed by atoms with E-state index >= 15 is 0 Å². The maximum atomic E-state index is 12.9. The van der Waals surface area contributed by atoms with Crippen LogP contribution in [-0.4, -0.2) is 32.8 Å². The Bertz CT molecular complexity index is 1490. The van der Waals surface area contributed by atoms with E-state index in [-0.39, 0.29) is 11.6 Å². The van der Waals surface area contributed by atoms with Crippen LogP contribution in [0.25, 0.3) is 0 Å². The van der Waals surface area contributed by atoms with Gasteiger partial charge in [-0.1, -0.05) is 47.1 Å². The van der Waals surface area contributed by atoms with Gasteiger partial charge in [-0.3, -0.25) is 14.2 Å². The maximum absolute atomic E-state index is 12.9. The topological polar surface area (TPSA) is 137 Å². The molecule has 2 heterocycles. The fourth-order valence-electron chi connectivity index (χ4n) is 3.71. The van der Waals surface area contributed by atoms with E-state index in [9.17, 15) is 20.0 Å². The van der Waals surface area contributed by atoms with Crippen molar-refractivity contribution in [1.29, 1.82) is 5.26 Å². The number of benzene rings is 2. The molecule has 0 radical (unpaired) electrons. The third-order valence-corrected chi connectivity index (χ3v) is 5.73. The Morgan fingerprint density at radius 1 is 1.29 bits per heavy atom. The van der Waals surface area contributed by atoms with Crippen LogP contribution < -0.4 is 15.8 Å². The fraction of sp³-hybridized carbons (Fsp3) is 0.125. The van der Waals surface area contributed by atoms with E-state index in [1.165, 1.54) is 19.5 Å². The molecule has 4 aromatic rings. The molecule has 0 fully saturated rings. The highest BCUT2D eigenvalue weighted by molar-refractivity contribution is 6.31. The second kappa shape index (κ2) is 9.70. The van der Waals surface area contributed by atoms with Crippen molar-refractivity contribution in [3.63, 3.8) is 0 Å². The predicted molar refractivity (Wildman–Crippen MR) is 128 cm³/mol. The number of anilines is 2. The number of carbonyl (C=O) groups excluding carboxylic acids is 1. The van der Waals surface area contributed by atoms with Crippen molar-refractivity contribution in [2.75, 3.05) is 17.3 Å². The highest BCUT2D eigenvalue weighted by Gasteiger charge is 2.28. The van der Waals surface area contributed by atoms with Crippen LogP contribution in [0.2, 0.25) is 5.02 Å². The minimum absolute atomic E-state index is 0.0792. The van der Waals surface area contributed by atoms with Gasteiger partial charge in [0.05, 0.1) is 23.9 Å². The molecule has 2 aromatic carbocycles. The van der Waals surface area contributed by atoms with E-state index < -0.39 is 29.0 Å². The molecular weight excluding hydrogens is 472 g/mol. The van der Waals surface area contributed by atoms with Crippen LogP contribution in [0, 0.1) is 11.3 Å². The first-order valence-corrected chi connectivity index (χ1v) is 10.7. The zero-order valence-electron chi connectivity index (χ0n) is 18.6. The number of aromatic nitrogens is 3. The standard InChI is InChI=1S/C24H19ClN6O4/c1-30(20(17-8-3-4-9-18(17)25)15-7-5-6-14(10-15)11-26)24-29-19(21(32)23(34)31(24)2)22(33)28-16-12-27-35-13-16/h3-10,12-13,20,32H,1-2H3,(H,28,33)/t20-/m1/s1. The molecule has 4 rings (SSSR count). The van der Waals surface area contributed by atoms with Crippen molar-refractivity contribution >= 4 is 29.1 Å². The van der Waals surface area contributed by atoms with Crippen LogP contribution in [0.15, 0.2) is 70.3 Å². The van der Waals surface area contributed by atoms with Crippen molar-refractivity contribution < 1.29 is 14.4 Å². The number of nitriles is 1. The van der Waals surface area contributed by atoms with Gasteiger partial charge in [-0.2, -0.15) is 5.26 Å². The molecule has 0 unspecified atom stereocenters. The van der Waals surface area contributed by atoms with Gasteiger partial charge in [0.25, 0.3) is 11.5 Å². The lowest BCUT2D eigenvalue weighted by molar-refractivity contribution is 0.101. The lowest BCUT2D eigenvalue weighted by atomic mass is 9.96. The summed E-state index contributed by atoms with van der Waals surface area (Å²) >= 11 is 6.53. The molecule has 0 aliphatic heterocycles. The predicted octanol–water partition coefficient (Wildman–Crippen LogP) is 3.48. The number of halogens is 1. The minimum Gasteiger partial charge on any atom is -0.501 e. The summed E-state index contributed by atoms with van der Waals surface area (Å²) in [5, 5.41) is 26.2. The highest BCUT2D eigenvalue weighted by Crippen LogP contribution is 2.35. The van der Waals surface area contributed by atoms with Gasteiger partial charge in [0.1, 0.15) is 12.0 Å². The quantitative estimate of drug-likeness (QED) is 0.419. The van der Waals surface area contributed by atoms with Gasteiger partial charge in [-0.05, 0) is 29.3 Å². The third kappa shape index (κ3) is 4.58. The molecule has 1 atom stereocenters. The molecule has 11 heteroatoms. The van der Waals surface area contributed by atoms with E-state index in [1.54, 1.807) is 42.3 Å². The summed E-state index contributed by atoms with van der Waals surface area (Å²) in [6, 6.07) is 15.6. The number of amides is 1. The van der Waals surface area contributed by atoms with Crippen LogP contribution >= 0.6 is 11.6 Å². The summed E-state index contributed by atoms with van der Waals surface area (Å²) in [5.74, 6) is -1.55. The largest absolute Gasteiger partial charge is 0.501 e. The zero-order chi connectivity index (χ0) is 25.1. The van der Waals surface area contributed by atoms with Crippen LogP contribution in [0.1, 0.15) is 33.2 Å². The Kier molecular flexibility index (Phi) is 6.53. The Hall–Kier alpha value is -4.62. The van der Waals surface area contributed by atoms with E-state index in [4.69, 9.17) is 11.6 Å². The maximum Gasteiger partial charge on any atom is 0.297 e. The molecule has 0 saturated carbocycles. The van der Waals surface area contributed by atoms with Crippen LogP contribution in [0.3, 0.4) is 0 Å². The van der Waals surface area contributed by atoms with E-state index in [2.05, 4.69) is 26.0 Å². The summed E-state index contributed by atoms with van der Waals surface area (Å²) in [7, 11) is 3.10. The Balaban J connectivity index is 1.86. The third-order valence-electron chi connectivity index (χ3n) is 5.38. The number of nitrogens with zero attached hydrogens (tertiary/aromatic N) is 5. The molecule has 2 N–H and O–H groups in total. The monoisotopic (exact) mass is 490 g/mol.